The molecule has 0 radical (unpaired) electrons. The Labute approximate surface area is 169 Å². The molecule has 2 fully saturated rings. The number of nitrogens with zero attached hydrogens (tertiary/aromatic N) is 2. The molecule has 2 aliphatic rings. The lowest BCUT2D eigenvalue weighted by Gasteiger charge is -2.39. The molecule has 2 N–H and O–H groups in total. The number of piperidine rings is 1. The Balaban J connectivity index is 1.13. The zero-order valence-electron chi connectivity index (χ0n) is 16.0. The lowest BCUT2D eigenvalue weighted by molar-refractivity contribution is 0.157. The van der Waals surface area contributed by atoms with Crippen LogP contribution in [0.4, 0.5) is 0 Å². The van der Waals surface area contributed by atoms with Crippen molar-refractivity contribution in [3.63, 3.8) is 0 Å². The van der Waals surface area contributed by atoms with E-state index in [4.69, 9.17) is 4.74 Å². The summed E-state index contributed by atoms with van der Waals surface area (Å²) in [5.74, 6) is 0.850. The fourth-order valence-electron chi connectivity index (χ4n) is 4.18. The van der Waals surface area contributed by atoms with Gasteiger partial charge in [0.15, 0.2) is 0 Å². The van der Waals surface area contributed by atoms with Gasteiger partial charge in [0.25, 0.3) is 5.19 Å². The molecule has 1 aromatic heterocycles. The Hall–Kier alpha value is -1.99. The zero-order valence-corrected chi connectivity index (χ0v) is 16.8. The van der Waals surface area contributed by atoms with E-state index < -0.39 is 0 Å². The van der Waals surface area contributed by atoms with Gasteiger partial charge in [-0.05, 0) is 62.2 Å². The van der Waals surface area contributed by atoms with Crippen LogP contribution in [-0.2, 0) is 6.42 Å². The molecular formula is C22H26N4OS. The first-order valence-corrected chi connectivity index (χ1v) is 10.9. The second-order valence-corrected chi connectivity index (χ2v) is 8.84. The van der Waals surface area contributed by atoms with Crippen LogP contribution < -0.4 is 15.4 Å². The molecule has 0 saturated carbocycles. The fourth-order valence-corrected chi connectivity index (χ4v) is 5.01. The van der Waals surface area contributed by atoms with Crippen molar-refractivity contribution in [2.75, 3.05) is 32.8 Å². The lowest BCUT2D eigenvalue weighted by Crippen LogP contribution is -2.52. The number of rotatable bonds is 5. The van der Waals surface area contributed by atoms with E-state index in [1.54, 1.807) is 11.3 Å². The number of fused-ring (bicyclic) bond motifs is 1. The van der Waals surface area contributed by atoms with E-state index in [1.165, 1.54) is 31.5 Å². The van der Waals surface area contributed by atoms with Crippen LogP contribution in [0.25, 0.3) is 10.2 Å². The molecule has 2 aromatic carbocycles. The third-order valence-electron chi connectivity index (χ3n) is 5.98. The van der Waals surface area contributed by atoms with Gasteiger partial charge >= 0.3 is 0 Å². The normalized spacial score (nSPS) is 19.4. The van der Waals surface area contributed by atoms with E-state index in [2.05, 4.69) is 50.8 Å². The van der Waals surface area contributed by atoms with Gasteiger partial charge in [0.2, 0.25) is 0 Å². The summed E-state index contributed by atoms with van der Waals surface area (Å²) in [6, 6.07) is 16.6. The SMILES string of the molecule is c1ccc2sc(Oc3ccc(CCN4CCC5(CC4)CNCN5)cc3)nc2c1. The Kier molecular flexibility index (Phi) is 5.03. The van der Waals surface area contributed by atoms with Crippen molar-refractivity contribution >= 4 is 21.6 Å². The Bertz CT molecular complexity index is 890. The summed E-state index contributed by atoms with van der Waals surface area (Å²) in [7, 11) is 0. The predicted octanol–water partition coefficient (Wildman–Crippen LogP) is 3.62. The predicted molar refractivity (Wildman–Crippen MR) is 114 cm³/mol. The molecule has 0 aliphatic carbocycles. The number of thiazole rings is 1. The van der Waals surface area contributed by atoms with Crippen LogP contribution in [0.1, 0.15) is 18.4 Å². The van der Waals surface area contributed by atoms with Gasteiger partial charge in [-0.2, -0.15) is 0 Å². The smallest absolute Gasteiger partial charge is 0.279 e. The number of para-hydroxylation sites is 1. The summed E-state index contributed by atoms with van der Waals surface area (Å²) in [5, 5.41) is 7.79. The first-order valence-electron chi connectivity index (χ1n) is 10.1. The second-order valence-electron chi connectivity index (χ2n) is 7.85. The molecule has 5 rings (SSSR count). The van der Waals surface area contributed by atoms with Gasteiger partial charge in [0, 0.05) is 25.3 Å². The molecule has 6 heteroatoms. The van der Waals surface area contributed by atoms with Gasteiger partial charge in [0.1, 0.15) is 5.75 Å². The van der Waals surface area contributed by atoms with Gasteiger partial charge < -0.3 is 15.0 Å². The molecule has 0 bridgehead atoms. The van der Waals surface area contributed by atoms with Crippen LogP contribution in [0.3, 0.4) is 0 Å². The molecule has 2 aliphatic heterocycles. The van der Waals surface area contributed by atoms with E-state index in [9.17, 15) is 0 Å². The lowest BCUT2D eigenvalue weighted by atomic mass is 9.88. The zero-order chi connectivity index (χ0) is 18.8. The van der Waals surface area contributed by atoms with E-state index in [0.717, 1.165) is 42.1 Å². The van der Waals surface area contributed by atoms with Crippen LogP contribution in [0.5, 0.6) is 10.9 Å². The maximum atomic E-state index is 5.95. The fraction of sp³-hybridized carbons (Fsp3) is 0.409. The van der Waals surface area contributed by atoms with Crippen LogP contribution in [0, 0.1) is 0 Å². The molecule has 2 saturated heterocycles. The highest BCUT2D eigenvalue weighted by Crippen LogP contribution is 2.31. The number of ether oxygens (including phenoxy) is 1. The maximum absolute atomic E-state index is 5.95. The second kappa shape index (κ2) is 7.79. The Morgan fingerprint density at radius 1 is 1.07 bits per heavy atom. The average molecular weight is 395 g/mol. The van der Waals surface area contributed by atoms with Gasteiger partial charge in [-0.15, -0.1) is 0 Å². The highest BCUT2D eigenvalue weighted by atomic mass is 32.1. The molecule has 146 valence electrons. The minimum atomic E-state index is 0.357. The van der Waals surface area contributed by atoms with Crippen molar-refractivity contribution in [1.29, 1.82) is 0 Å². The molecule has 3 heterocycles. The first kappa shape index (κ1) is 18.1. The van der Waals surface area contributed by atoms with E-state index in [-0.39, 0.29) is 0 Å². The first-order chi connectivity index (χ1) is 13.8. The third kappa shape index (κ3) is 3.91. The molecule has 3 aromatic rings. The largest absolute Gasteiger partial charge is 0.431 e. The number of benzene rings is 2. The molecule has 1 spiro atoms. The summed E-state index contributed by atoms with van der Waals surface area (Å²) >= 11 is 1.58. The minimum Gasteiger partial charge on any atom is -0.431 e. The summed E-state index contributed by atoms with van der Waals surface area (Å²) < 4.78 is 7.10. The average Bonchev–Trinajstić information content (AvgIpc) is 3.35. The molecular weight excluding hydrogens is 368 g/mol. The van der Waals surface area contributed by atoms with E-state index in [0.29, 0.717) is 10.7 Å². The van der Waals surface area contributed by atoms with Crippen molar-refractivity contribution in [3.8, 4) is 10.9 Å². The molecule has 0 atom stereocenters. The molecule has 0 amide bonds. The summed E-state index contributed by atoms with van der Waals surface area (Å²) in [6.07, 6.45) is 3.57. The molecule has 5 nitrogen and oxygen atoms in total. The number of hydrogen-bond donors (Lipinski definition) is 2. The number of aromatic nitrogens is 1. The van der Waals surface area contributed by atoms with E-state index >= 15 is 0 Å². The van der Waals surface area contributed by atoms with Crippen molar-refractivity contribution in [2.45, 2.75) is 24.8 Å². The van der Waals surface area contributed by atoms with Gasteiger partial charge in [-0.25, -0.2) is 4.98 Å². The quantitative estimate of drug-likeness (QED) is 0.692. The topological polar surface area (TPSA) is 49.4 Å². The van der Waals surface area contributed by atoms with Crippen LogP contribution >= 0.6 is 11.3 Å². The van der Waals surface area contributed by atoms with Crippen molar-refractivity contribution in [2.24, 2.45) is 0 Å². The number of likely N-dealkylation sites (tertiary alicyclic amines) is 1. The van der Waals surface area contributed by atoms with Crippen LogP contribution in [-0.4, -0.2) is 48.3 Å². The highest BCUT2D eigenvalue weighted by molar-refractivity contribution is 7.20. The number of hydrogen-bond acceptors (Lipinski definition) is 6. The van der Waals surface area contributed by atoms with Gasteiger partial charge in [-0.1, -0.05) is 35.6 Å². The Morgan fingerprint density at radius 3 is 2.64 bits per heavy atom. The molecule has 28 heavy (non-hydrogen) atoms. The number of nitrogens with one attached hydrogen (secondary N) is 2. The van der Waals surface area contributed by atoms with Crippen LogP contribution in [0.15, 0.2) is 48.5 Å². The van der Waals surface area contributed by atoms with Crippen molar-refractivity contribution < 1.29 is 4.74 Å². The van der Waals surface area contributed by atoms with Gasteiger partial charge in [-0.3, -0.25) is 5.32 Å². The minimum absolute atomic E-state index is 0.357. The molecule has 0 unspecified atom stereocenters. The van der Waals surface area contributed by atoms with Crippen LogP contribution in [0.2, 0.25) is 0 Å². The van der Waals surface area contributed by atoms with Crippen molar-refractivity contribution in [3.05, 3.63) is 54.1 Å². The summed E-state index contributed by atoms with van der Waals surface area (Å²) in [6.45, 7) is 5.59. The Morgan fingerprint density at radius 2 is 1.89 bits per heavy atom. The van der Waals surface area contributed by atoms with Crippen molar-refractivity contribution in [1.82, 2.24) is 20.5 Å². The third-order valence-corrected chi connectivity index (χ3v) is 6.90. The van der Waals surface area contributed by atoms with Gasteiger partial charge in [0.05, 0.1) is 10.2 Å². The summed E-state index contributed by atoms with van der Waals surface area (Å²) in [5.41, 5.74) is 2.71. The summed E-state index contributed by atoms with van der Waals surface area (Å²) in [4.78, 5) is 7.13. The highest BCUT2D eigenvalue weighted by Gasteiger charge is 2.36. The maximum Gasteiger partial charge on any atom is 0.279 e. The monoisotopic (exact) mass is 394 g/mol. The van der Waals surface area contributed by atoms with E-state index in [1.807, 2.05) is 18.2 Å². The standard InChI is InChI=1S/C22H26N4OS/c1-2-4-20-19(3-1)25-21(28-20)27-18-7-5-17(6-8-18)9-12-26-13-10-22(11-14-26)15-23-16-24-22/h1-8,23-24H,9-16H2.